The third kappa shape index (κ3) is 3.36. The second kappa shape index (κ2) is 5.77. The molecule has 2 aromatic carbocycles. The summed E-state index contributed by atoms with van der Waals surface area (Å²) in [4.78, 5) is 0.163. The smallest absolute Gasteiger partial charge is 0.339 e. The highest BCUT2D eigenvalue weighted by molar-refractivity contribution is 7.87. The molecule has 0 aliphatic rings. The van der Waals surface area contributed by atoms with Gasteiger partial charge in [0.1, 0.15) is 4.90 Å². The van der Waals surface area contributed by atoms with E-state index < -0.39 is 10.1 Å². The monoisotopic (exact) mass is 306 g/mol. The van der Waals surface area contributed by atoms with Crippen LogP contribution in [0.1, 0.15) is 16.7 Å². The molecule has 2 rings (SSSR count). The van der Waals surface area contributed by atoms with Crippen LogP contribution in [0.3, 0.4) is 0 Å². The maximum Gasteiger partial charge on any atom is 0.339 e. The highest BCUT2D eigenvalue weighted by Gasteiger charge is 2.21. The molecule has 21 heavy (non-hydrogen) atoms. The lowest BCUT2D eigenvalue weighted by Crippen LogP contribution is -2.12. The lowest BCUT2D eigenvalue weighted by atomic mass is 10.2. The maximum atomic E-state index is 12.4. The summed E-state index contributed by atoms with van der Waals surface area (Å²) in [5.74, 6) is 0.575. The molecule has 0 N–H and O–H groups in total. The Labute approximate surface area is 125 Å². The van der Waals surface area contributed by atoms with E-state index in [1.807, 2.05) is 19.9 Å². The van der Waals surface area contributed by atoms with Gasteiger partial charge in [0.2, 0.25) is 0 Å². The average molecular weight is 306 g/mol. The van der Waals surface area contributed by atoms with Crippen molar-refractivity contribution >= 4 is 10.1 Å². The number of methoxy groups -OCH3 is 1. The molecule has 0 bridgehead atoms. The number of rotatable bonds is 4. The van der Waals surface area contributed by atoms with E-state index >= 15 is 0 Å². The zero-order chi connectivity index (χ0) is 15.6. The van der Waals surface area contributed by atoms with Crippen molar-refractivity contribution in [3.63, 3.8) is 0 Å². The van der Waals surface area contributed by atoms with Crippen LogP contribution < -0.4 is 8.92 Å². The average Bonchev–Trinajstić information content (AvgIpc) is 2.40. The van der Waals surface area contributed by atoms with Crippen LogP contribution in [0.15, 0.2) is 41.3 Å². The predicted molar refractivity (Wildman–Crippen MR) is 81.5 cm³/mol. The van der Waals surface area contributed by atoms with Gasteiger partial charge >= 0.3 is 10.1 Å². The second-order valence-electron chi connectivity index (χ2n) is 4.96. The van der Waals surface area contributed by atoms with E-state index in [2.05, 4.69) is 0 Å². The summed E-state index contributed by atoms with van der Waals surface area (Å²) in [6.45, 7) is 5.55. The standard InChI is InChI=1S/C16H18O4S/c1-11-6-8-16(13(3)9-11)21(17,18)20-14-7-5-12(2)10-15(14)19-4/h5-10H,1-4H3. The van der Waals surface area contributed by atoms with Crippen LogP contribution in [0.2, 0.25) is 0 Å². The van der Waals surface area contributed by atoms with E-state index in [4.69, 9.17) is 8.92 Å². The SMILES string of the molecule is COc1cc(C)ccc1OS(=O)(=O)c1ccc(C)cc1C. The molecule has 0 amide bonds. The fourth-order valence-corrected chi connectivity index (χ4v) is 3.24. The van der Waals surface area contributed by atoms with Gasteiger partial charge in [-0.25, -0.2) is 0 Å². The van der Waals surface area contributed by atoms with Gasteiger partial charge in [0.15, 0.2) is 11.5 Å². The van der Waals surface area contributed by atoms with Crippen molar-refractivity contribution in [3.8, 4) is 11.5 Å². The molecule has 112 valence electrons. The minimum atomic E-state index is -3.89. The van der Waals surface area contributed by atoms with E-state index in [-0.39, 0.29) is 10.6 Å². The van der Waals surface area contributed by atoms with Gasteiger partial charge in [0.05, 0.1) is 7.11 Å². The summed E-state index contributed by atoms with van der Waals surface area (Å²) in [6, 6.07) is 10.2. The third-order valence-electron chi connectivity index (χ3n) is 3.12. The van der Waals surface area contributed by atoms with Gasteiger partial charge in [-0.05, 0) is 50.1 Å². The van der Waals surface area contributed by atoms with Gasteiger partial charge in [0.25, 0.3) is 0 Å². The van der Waals surface area contributed by atoms with Crippen LogP contribution in [0.5, 0.6) is 11.5 Å². The first kappa shape index (κ1) is 15.4. The molecule has 0 atom stereocenters. The zero-order valence-electron chi connectivity index (χ0n) is 12.5. The molecule has 0 heterocycles. The largest absolute Gasteiger partial charge is 0.493 e. The van der Waals surface area contributed by atoms with Crippen molar-refractivity contribution in [2.45, 2.75) is 25.7 Å². The molecular weight excluding hydrogens is 288 g/mol. The molecule has 0 saturated carbocycles. The normalized spacial score (nSPS) is 11.2. The summed E-state index contributed by atoms with van der Waals surface area (Å²) >= 11 is 0. The van der Waals surface area contributed by atoms with E-state index in [0.29, 0.717) is 11.3 Å². The number of aryl methyl sites for hydroxylation is 3. The van der Waals surface area contributed by atoms with Crippen molar-refractivity contribution in [3.05, 3.63) is 53.1 Å². The number of ether oxygens (including phenoxy) is 1. The first-order chi connectivity index (χ1) is 9.83. The summed E-state index contributed by atoms with van der Waals surface area (Å²) < 4.78 is 35.2. The van der Waals surface area contributed by atoms with Crippen LogP contribution in [-0.4, -0.2) is 15.5 Å². The molecule has 0 saturated heterocycles. The van der Waals surface area contributed by atoms with Gasteiger partial charge < -0.3 is 8.92 Å². The van der Waals surface area contributed by atoms with Crippen molar-refractivity contribution in [2.24, 2.45) is 0 Å². The number of benzene rings is 2. The fraction of sp³-hybridized carbons (Fsp3) is 0.250. The Morgan fingerprint density at radius 2 is 1.48 bits per heavy atom. The molecule has 0 radical (unpaired) electrons. The summed E-state index contributed by atoms with van der Waals surface area (Å²) in [5, 5.41) is 0. The van der Waals surface area contributed by atoms with Crippen molar-refractivity contribution in [1.29, 1.82) is 0 Å². The number of hydrogen-bond donors (Lipinski definition) is 0. The molecule has 4 nitrogen and oxygen atoms in total. The Bertz CT molecular complexity index is 764. The quantitative estimate of drug-likeness (QED) is 0.813. The fourth-order valence-electron chi connectivity index (χ4n) is 2.09. The van der Waals surface area contributed by atoms with E-state index in [0.717, 1.165) is 11.1 Å². The van der Waals surface area contributed by atoms with E-state index in [9.17, 15) is 8.42 Å². The van der Waals surface area contributed by atoms with Crippen LogP contribution in [0, 0.1) is 20.8 Å². The highest BCUT2D eigenvalue weighted by atomic mass is 32.2. The van der Waals surface area contributed by atoms with Gasteiger partial charge in [-0.1, -0.05) is 23.8 Å². The molecule has 0 aromatic heterocycles. The number of hydrogen-bond acceptors (Lipinski definition) is 4. The Morgan fingerprint density at radius 1 is 0.857 bits per heavy atom. The lowest BCUT2D eigenvalue weighted by molar-refractivity contribution is 0.390. The minimum absolute atomic E-state index is 0.163. The summed E-state index contributed by atoms with van der Waals surface area (Å²) in [7, 11) is -2.41. The molecular formula is C16H18O4S. The topological polar surface area (TPSA) is 52.6 Å². The first-order valence-corrected chi connectivity index (χ1v) is 7.90. The Hall–Kier alpha value is -2.01. The maximum absolute atomic E-state index is 12.4. The van der Waals surface area contributed by atoms with E-state index in [1.165, 1.54) is 7.11 Å². The van der Waals surface area contributed by atoms with Gasteiger partial charge in [-0.2, -0.15) is 8.42 Å². The highest BCUT2D eigenvalue weighted by Crippen LogP contribution is 2.31. The molecule has 0 fully saturated rings. The zero-order valence-corrected chi connectivity index (χ0v) is 13.3. The van der Waals surface area contributed by atoms with Crippen LogP contribution >= 0.6 is 0 Å². The molecule has 0 spiro atoms. The van der Waals surface area contributed by atoms with Crippen LogP contribution in [-0.2, 0) is 10.1 Å². The van der Waals surface area contributed by atoms with Crippen molar-refractivity contribution < 1.29 is 17.3 Å². The minimum Gasteiger partial charge on any atom is -0.493 e. The van der Waals surface area contributed by atoms with Gasteiger partial charge in [-0.3, -0.25) is 0 Å². The van der Waals surface area contributed by atoms with Gasteiger partial charge in [0, 0.05) is 0 Å². The van der Waals surface area contributed by atoms with Gasteiger partial charge in [-0.15, -0.1) is 0 Å². The Balaban J connectivity index is 2.42. The van der Waals surface area contributed by atoms with Crippen molar-refractivity contribution in [1.82, 2.24) is 0 Å². The Kier molecular flexibility index (Phi) is 4.23. The summed E-state index contributed by atoms with van der Waals surface area (Å²) in [6.07, 6.45) is 0. The van der Waals surface area contributed by atoms with E-state index in [1.54, 1.807) is 37.3 Å². The lowest BCUT2D eigenvalue weighted by Gasteiger charge is -2.13. The molecule has 0 aliphatic heterocycles. The molecule has 2 aromatic rings. The molecule has 5 heteroatoms. The molecule has 0 aliphatic carbocycles. The first-order valence-electron chi connectivity index (χ1n) is 6.50. The second-order valence-corrected chi connectivity index (χ2v) is 6.48. The Morgan fingerprint density at radius 3 is 2.10 bits per heavy atom. The van der Waals surface area contributed by atoms with Crippen LogP contribution in [0.25, 0.3) is 0 Å². The van der Waals surface area contributed by atoms with Crippen molar-refractivity contribution in [2.75, 3.05) is 7.11 Å². The van der Waals surface area contributed by atoms with Crippen LogP contribution in [0.4, 0.5) is 0 Å². The third-order valence-corrected chi connectivity index (χ3v) is 4.51. The molecule has 0 unspecified atom stereocenters. The summed E-state index contributed by atoms with van der Waals surface area (Å²) in [5.41, 5.74) is 2.61. The predicted octanol–water partition coefficient (Wildman–Crippen LogP) is 3.39.